The van der Waals surface area contributed by atoms with E-state index in [9.17, 15) is 4.79 Å². The van der Waals surface area contributed by atoms with Gasteiger partial charge in [0.15, 0.2) is 0 Å². The van der Waals surface area contributed by atoms with Gasteiger partial charge in [0.2, 0.25) is 0 Å². The number of carbonyl (C=O) groups excluding carboxylic acids is 1. The van der Waals surface area contributed by atoms with E-state index in [0.717, 1.165) is 22.2 Å². The minimum absolute atomic E-state index is 0.0437. The van der Waals surface area contributed by atoms with Gasteiger partial charge in [-0.15, -0.1) is 0 Å². The van der Waals surface area contributed by atoms with Crippen molar-refractivity contribution in [3.05, 3.63) is 47.1 Å². The number of furan rings is 1. The number of benzene rings is 1. The number of likely N-dealkylation sites (N-methyl/N-ethyl adjacent to an activating group) is 1. The maximum absolute atomic E-state index is 11.8. The fourth-order valence-corrected chi connectivity index (χ4v) is 3.54. The summed E-state index contributed by atoms with van der Waals surface area (Å²) in [5.41, 5.74) is 7.46. The van der Waals surface area contributed by atoms with Crippen LogP contribution in [0.1, 0.15) is 12.7 Å². The molecule has 1 amide bonds. The van der Waals surface area contributed by atoms with Crippen molar-refractivity contribution in [1.29, 1.82) is 0 Å². The molecule has 0 radical (unpaired) electrons. The van der Waals surface area contributed by atoms with Gasteiger partial charge in [0.25, 0.3) is 5.24 Å². The molecule has 0 atom stereocenters. The summed E-state index contributed by atoms with van der Waals surface area (Å²) in [6.07, 6.45) is 1.79. The number of rotatable bonds is 3. The maximum Gasteiger partial charge on any atom is 0.291 e. The summed E-state index contributed by atoms with van der Waals surface area (Å²) in [4.78, 5) is 14.7. The smallest absolute Gasteiger partial charge is 0.291 e. The van der Waals surface area contributed by atoms with E-state index in [-0.39, 0.29) is 5.24 Å². The molecular formula is C16H14N2O2S2. The minimum Gasteiger partial charge on any atom is -0.457 e. The summed E-state index contributed by atoms with van der Waals surface area (Å²) >= 11 is 6.44. The van der Waals surface area contributed by atoms with Gasteiger partial charge in [0.05, 0.1) is 4.91 Å². The van der Waals surface area contributed by atoms with Crippen molar-refractivity contribution in [2.24, 2.45) is 0 Å². The van der Waals surface area contributed by atoms with E-state index in [2.05, 4.69) is 0 Å². The average molecular weight is 330 g/mol. The lowest BCUT2D eigenvalue weighted by Gasteiger charge is -2.09. The molecule has 2 aromatic rings. The third-order valence-corrected chi connectivity index (χ3v) is 4.81. The third kappa shape index (κ3) is 2.67. The van der Waals surface area contributed by atoms with E-state index in [1.807, 2.05) is 43.3 Å². The van der Waals surface area contributed by atoms with Crippen LogP contribution >= 0.6 is 24.0 Å². The Bertz CT molecular complexity index is 780. The number of nitrogens with zero attached hydrogens (tertiary/aromatic N) is 1. The summed E-state index contributed by atoms with van der Waals surface area (Å²) in [7, 11) is 0. The van der Waals surface area contributed by atoms with Gasteiger partial charge < -0.3 is 10.2 Å². The van der Waals surface area contributed by atoms with E-state index < -0.39 is 0 Å². The van der Waals surface area contributed by atoms with Crippen molar-refractivity contribution >= 4 is 46.0 Å². The summed E-state index contributed by atoms with van der Waals surface area (Å²) < 4.78 is 5.81. The molecule has 0 unspecified atom stereocenters. The van der Waals surface area contributed by atoms with E-state index >= 15 is 0 Å². The molecule has 1 saturated heterocycles. The van der Waals surface area contributed by atoms with E-state index in [1.165, 1.54) is 0 Å². The van der Waals surface area contributed by atoms with Crippen LogP contribution in [0.25, 0.3) is 17.4 Å². The van der Waals surface area contributed by atoms with Gasteiger partial charge in [-0.3, -0.25) is 9.69 Å². The number of para-hydroxylation sites is 1. The van der Waals surface area contributed by atoms with Crippen LogP contribution in [0, 0.1) is 0 Å². The van der Waals surface area contributed by atoms with Crippen molar-refractivity contribution < 1.29 is 9.21 Å². The second-order valence-corrected chi connectivity index (χ2v) is 6.10. The third-order valence-electron chi connectivity index (χ3n) is 3.32. The molecule has 2 heterocycles. The summed E-state index contributed by atoms with van der Waals surface area (Å²) in [5.74, 6) is 1.34. The van der Waals surface area contributed by atoms with Crippen LogP contribution in [0.3, 0.4) is 0 Å². The Kier molecular flexibility index (Phi) is 4.04. The SMILES string of the molecule is CCN1C(=O)S/C(=C/c2ccc(-c3ccccc3N)o2)C1=S. The predicted octanol–water partition coefficient (Wildman–Crippen LogP) is 4.39. The van der Waals surface area contributed by atoms with Crippen molar-refractivity contribution in [2.75, 3.05) is 12.3 Å². The lowest BCUT2D eigenvalue weighted by atomic mass is 10.1. The van der Waals surface area contributed by atoms with Crippen LogP contribution in [-0.4, -0.2) is 21.7 Å². The monoisotopic (exact) mass is 330 g/mol. The van der Waals surface area contributed by atoms with Gasteiger partial charge in [0.1, 0.15) is 16.5 Å². The molecule has 0 spiro atoms. The molecule has 3 rings (SSSR count). The summed E-state index contributed by atoms with van der Waals surface area (Å²) in [6.45, 7) is 2.48. The largest absolute Gasteiger partial charge is 0.457 e. The lowest BCUT2D eigenvalue weighted by Crippen LogP contribution is -2.26. The highest BCUT2D eigenvalue weighted by Crippen LogP contribution is 2.34. The highest BCUT2D eigenvalue weighted by Gasteiger charge is 2.30. The fraction of sp³-hybridized carbons (Fsp3) is 0.125. The van der Waals surface area contributed by atoms with Crippen LogP contribution in [0.4, 0.5) is 10.5 Å². The molecule has 6 heteroatoms. The second kappa shape index (κ2) is 5.98. The zero-order valence-corrected chi connectivity index (χ0v) is 13.5. The van der Waals surface area contributed by atoms with Crippen molar-refractivity contribution in [3.63, 3.8) is 0 Å². The van der Waals surface area contributed by atoms with Gasteiger partial charge in [-0.2, -0.15) is 0 Å². The molecule has 2 N–H and O–H groups in total. The van der Waals surface area contributed by atoms with Crippen LogP contribution in [-0.2, 0) is 0 Å². The molecule has 4 nitrogen and oxygen atoms in total. The fourth-order valence-electron chi connectivity index (χ4n) is 2.20. The molecule has 0 bridgehead atoms. The van der Waals surface area contributed by atoms with Gasteiger partial charge in [-0.1, -0.05) is 24.4 Å². The van der Waals surface area contributed by atoms with E-state index in [4.69, 9.17) is 22.4 Å². The normalized spacial score (nSPS) is 16.8. The number of thioether (sulfide) groups is 1. The van der Waals surface area contributed by atoms with Gasteiger partial charge in [-0.25, -0.2) is 0 Å². The Hall–Kier alpha value is -2.05. The zero-order valence-electron chi connectivity index (χ0n) is 11.9. The van der Waals surface area contributed by atoms with Crippen LogP contribution in [0.15, 0.2) is 45.7 Å². The molecule has 112 valence electrons. The Morgan fingerprint density at radius 2 is 2.09 bits per heavy atom. The number of nitrogen functional groups attached to an aromatic ring is 1. The first-order valence-electron chi connectivity index (χ1n) is 6.80. The second-order valence-electron chi connectivity index (χ2n) is 4.72. The average Bonchev–Trinajstić information content (AvgIpc) is 3.05. The van der Waals surface area contributed by atoms with E-state index in [0.29, 0.717) is 28.7 Å². The first-order chi connectivity index (χ1) is 10.6. The molecule has 1 aliphatic heterocycles. The standard InChI is InChI=1S/C16H14N2O2S2/c1-2-18-15(21)14(22-16(18)19)9-10-7-8-13(20-10)11-5-3-4-6-12(11)17/h3-9H,2,17H2,1H3/b14-9+. The quantitative estimate of drug-likeness (QED) is 0.514. The Morgan fingerprint density at radius 1 is 1.32 bits per heavy atom. The molecule has 1 aromatic heterocycles. The molecule has 1 fully saturated rings. The highest BCUT2D eigenvalue weighted by molar-refractivity contribution is 8.19. The summed E-state index contributed by atoms with van der Waals surface area (Å²) in [6, 6.07) is 11.2. The maximum atomic E-state index is 11.8. The van der Waals surface area contributed by atoms with Crippen molar-refractivity contribution in [2.45, 2.75) is 6.92 Å². The Labute approximate surface area is 138 Å². The van der Waals surface area contributed by atoms with Crippen LogP contribution in [0.5, 0.6) is 0 Å². The molecule has 0 aliphatic carbocycles. The number of nitrogens with two attached hydrogens (primary N) is 1. The van der Waals surface area contributed by atoms with Crippen molar-refractivity contribution in [1.82, 2.24) is 4.90 Å². The number of anilines is 1. The Balaban J connectivity index is 1.90. The first kappa shape index (κ1) is 14.9. The number of carbonyl (C=O) groups is 1. The van der Waals surface area contributed by atoms with E-state index in [1.54, 1.807) is 11.0 Å². The van der Waals surface area contributed by atoms with Crippen molar-refractivity contribution in [3.8, 4) is 11.3 Å². The van der Waals surface area contributed by atoms with Gasteiger partial charge >= 0.3 is 0 Å². The topological polar surface area (TPSA) is 59.5 Å². The van der Waals surface area contributed by atoms with Gasteiger partial charge in [0, 0.05) is 17.8 Å². The van der Waals surface area contributed by atoms with Crippen LogP contribution < -0.4 is 5.73 Å². The number of amides is 1. The first-order valence-corrected chi connectivity index (χ1v) is 8.02. The Morgan fingerprint density at radius 3 is 2.77 bits per heavy atom. The highest BCUT2D eigenvalue weighted by atomic mass is 32.2. The van der Waals surface area contributed by atoms with Crippen LogP contribution in [0.2, 0.25) is 0 Å². The zero-order chi connectivity index (χ0) is 15.7. The number of thiocarbonyl (C=S) groups is 1. The molecule has 0 saturated carbocycles. The minimum atomic E-state index is -0.0437. The predicted molar refractivity (Wildman–Crippen MR) is 94.5 cm³/mol. The molecule has 1 aromatic carbocycles. The lowest BCUT2D eigenvalue weighted by molar-refractivity contribution is 0.247. The molecular weight excluding hydrogens is 316 g/mol. The number of hydrogen-bond acceptors (Lipinski definition) is 5. The molecule has 22 heavy (non-hydrogen) atoms. The summed E-state index contributed by atoms with van der Waals surface area (Å²) in [5, 5.41) is -0.0437. The molecule has 1 aliphatic rings. The number of hydrogen-bond donors (Lipinski definition) is 1. The van der Waals surface area contributed by atoms with Gasteiger partial charge in [-0.05, 0) is 49.0 Å².